The Balaban J connectivity index is 1.63. The molecule has 4 aromatic rings. The van der Waals surface area contributed by atoms with E-state index >= 15 is 0 Å². The molecule has 11 heteroatoms. The van der Waals surface area contributed by atoms with Crippen molar-refractivity contribution in [1.29, 1.82) is 0 Å². The van der Waals surface area contributed by atoms with Gasteiger partial charge in [-0.05, 0) is 25.3 Å². The molecule has 0 fully saturated rings. The number of nitrogens with one attached hydrogen (secondary N) is 1. The molecule has 2 aromatic heterocycles. The number of benzene rings is 2. The quantitative estimate of drug-likeness (QED) is 0.265. The highest BCUT2D eigenvalue weighted by molar-refractivity contribution is 8.00. The number of rotatable bonds is 9. The third-order valence-corrected chi connectivity index (χ3v) is 6.52. The van der Waals surface area contributed by atoms with Crippen molar-refractivity contribution in [3.63, 3.8) is 0 Å². The molecule has 0 aliphatic rings. The van der Waals surface area contributed by atoms with Gasteiger partial charge in [0.1, 0.15) is 23.7 Å². The highest BCUT2D eigenvalue weighted by atomic mass is 32.2. The lowest BCUT2D eigenvalue weighted by Crippen LogP contribution is -2.31. The van der Waals surface area contributed by atoms with Gasteiger partial charge in [0.25, 0.3) is 5.56 Å². The Morgan fingerprint density at radius 3 is 2.71 bits per heavy atom. The number of ether oxygens (including phenoxy) is 2. The summed E-state index contributed by atoms with van der Waals surface area (Å²) in [6.07, 6.45) is -1.01. The maximum absolute atomic E-state index is 12.7. The molecule has 0 saturated heterocycles. The van der Waals surface area contributed by atoms with E-state index in [0.717, 1.165) is 22.5 Å². The van der Waals surface area contributed by atoms with Gasteiger partial charge < -0.3 is 19.1 Å². The number of carbonyl (C=O) groups is 1. The molecule has 0 saturated carbocycles. The van der Waals surface area contributed by atoms with Gasteiger partial charge in [0.15, 0.2) is 16.3 Å². The van der Waals surface area contributed by atoms with Crippen molar-refractivity contribution in [2.24, 2.45) is 7.05 Å². The van der Waals surface area contributed by atoms with Gasteiger partial charge in [-0.2, -0.15) is 0 Å². The Morgan fingerprint density at radius 2 is 1.94 bits per heavy atom. The van der Waals surface area contributed by atoms with Gasteiger partial charge in [0.2, 0.25) is 0 Å². The van der Waals surface area contributed by atoms with Crippen LogP contribution < -0.4 is 16.0 Å². The zero-order chi connectivity index (χ0) is 25.1. The molecular weight excluding hydrogens is 472 g/mol. The van der Waals surface area contributed by atoms with Gasteiger partial charge in [0, 0.05) is 12.4 Å². The van der Waals surface area contributed by atoms with E-state index in [1.807, 2.05) is 42.5 Å². The van der Waals surface area contributed by atoms with E-state index in [9.17, 15) is 19.5 Å². The van der Waals surface area contributed by atoms with Gasteiger partial charge in [-0.25, -0.2) is 9.78 Å². The number of fused-ring (bicyclic) bond motifs is 2. The number of aliphatic hydroxyl groups excluding tert-OH is 1. The minimum absolute atomic E-state index is 0.0412. The molecule has 10 nitrogen and oxygen atoms in total. The number of nitrogens with zero attached hydrogens (tertiary/aromatic N) is 3. The smallest absolute Gasteiger partial charge is 0.329 e. The van der Waals surface area contributed by atoms with Crippen LogP contribution in [-0.4, -0.2) is 54.7 Å². The van der Waals surface area contributed by atoms with Crippen LogP contribution in [0.1, 0.15) is 13.8 Å². The van der Waals surface area contributed by atoms with Crippen LogP contribution in [0.4, 0.5) is 0 Å². The third-order valence-electron chi connectivity index (χ3n) is 5.45. The monoisotopic (exact) mass is 498 g/mol. The summed E-state index contributed by atoms with van der Waals surface area (Å²) in [5.41, 5.74) is -0.968. The Morgan fingerprint density at radius 1 is 1.20 bits per heavy atom. The number of aromatic amines is 1. The molecule has 0 unspecified atom stereocenters. The first kappa shape index (κ1) is 24.6. The van der Waals surface area contributed by atoms with Crippen molar-refractivity contribution in [3.8, 4) is 5.75 Å². The molecule has 35 heavy (non-hydrogen) atoms. The number of thioether (sulfide) groups is 1. The second-order valence-electron chi connectivity index (χ2n) is 7.95. The highest BCUT2D eigenvalue weighted by Crippen LogP contribution is 2.28. The van der Waals surface area contributed by atoms with E-state index in [4.69, 9.17) is 9.47 Å². The van der Waals surface area contributed by atoms with Crippen molar-refractivity contribution >= 4 is 39.7 Å². The fraction of sp³-hybridized carbons (Fsp3) is 0.333. The summed E-state index contributed by atoms with van der Waals surface area (Å²) in [6, 6.07) is 13.4. The van der Waals surface area contributed by atoms with Gasteiger partial charge in [-0.3, -0.25) is 19.1 Å². The van der Waals surface area contributed by atoms with Crippen molar-refractivity contribution in [2.75, 3.05) is 13.2 Å². The first-order valence-corrected chi connectivity index (χ1v) is 12.0. The lowest BCUT2D eigenvalue weighted by atomic mass is 10.1. The van der Waals surface area contributed by atoms with Gasteiger partial charge in [-0.1, -0.05) is 48.2 Å². The van der Waals surface area contributed by atoms with Crippen LogP contribution in [0, 0.1) is 0 Å². The molecule has 0 aliphatic heterocycles. The van der Waals surface area contributed by atoms with Crippen LogP contribution in [0.3, 0.4) is 0 Å². The summed E-state index contributed by atoms with van der Waals surface area (Å²) >= 11 is 1.08. The SMILES string of the molecule is CCOC(=O)[C@H](C)Sc1nc2c(c(=O)[nH]c(=O)n2C)n1C[C@H](O)COc1cccc2ccccc12. The van der Waals surface area contributed by atoms with Crippen molar-refractivity contribution in [2.45, 2.75) is 36.9 Å². The Kier molecular flexibility index (Phi) is 7.27. The largest absolute Gasteiger partial charge is 0.490 e. The number of esters is 1. The number of H-pyrrole nitrogens is 1. The topological polar surface area (TPSA) is 128 Å². The molecular formula is C24H26N4O6S. The second-order valence-corrected chi connectivity index (χ2v) is 9.26. The van der Waals surface area contributed by atoms with E-state index in [2.05, 4.69) is 9.97 Å². The van der Waals surface area contributed by atoms with Crippen LogP contribution in [-0.2, 0) is 23.1 Å². The maximum Gasteiger partial charge on any atom is 0.329 e. The average Bonchev–Trinajstić information content (AvgIpc) is 3.19. The fourth-order valence-corrected chi connectivity index (χ4v) is 4.62. The van der Waals surface area contributed by atoms with Gasteiger partial charge in [-0.15, -0.1) is 0 Å². The van der Waals surface area contributed by atoms with Crippen LogP contribution in [0.5, 0.6) is 5.75 Å². The number of hydrogen-bond donors (Lipinski definition) is 2. The van der Waals surface area contributed by atoms with E-state index in [0.29, 0.717) is 10.9 Å². The van der Waals surface area contributed by atoms with Crippen molar-refractivity contribution < 1.29 is 19.4 Å². The average molecular weight is 499 g/mol. The number of aliphatic hydroxyl groups is 1. The fourth-order valence-electron chi connectivity index (χ4n) is 3.71. The van der Waals surface area contributed by atoms with Gasteiger partial charge >= 0.3 is 11.7 Å². The summed E-state index contributed by atoms with van der Waals surface area (Å²) in [4.78, 5) is 43.6. The summed E-state index contributed by atoms with van der Waals surface area (Å²) in [6.45, 7) is 3.52. The first-order chi connectivity index (χ1) is 16.8. The predicted molar refractivity (Wildman–Crippen MR) is 133 cm³/mol. The second kappa shape index (κ2) is 10.4. The van der Waals surface area contributed by atoms with Crippen molar-refractivity contribution in [3.05, 3.63) is 63.3 Å². The summed E-state index contributed by atoms with van der Waals surface area (Å²) in [7, 11) is 1.49. The lowest BCUT2D eigenvalue weighted by Gasteiger charge is -2.17. The molecule has 0 amide bonds. The van der Waals surface area contributed by atoms with Crippen molar-refractivity contribution in [1.82, 2.24) is 19.1 Å². The van der Waals surface area contributed by atoms with Crippen LogP contribution in [0.2, 0.25) is 0 Å². The molecule has 0 bridgehead atoms. The standard InChI is InChI=1S/C24H26N4O6S/c1-4-33-22(31)14(2)35-24-25-20-19(21(30)26-23(32)27(20)3)28(24)12-16(29)13-34-18-11-7-9-15-8-5-6-10-17(15)18/h5-11,14,16,29H,4,12-13H2,1-3H3,(H,26,30,32)/t14-,16-/m0/s1. The predicted octanol–water partition coefficient (Wildman–Crippen LogP) is 2.06. The highest BCUT2D eigenvalue weighted by Gasteiger charge is 2.24. The summed E-state index contributed by atoms with van der Waals surface area (Å²) in [5, 5.41) is 12.4. The zero-order valence-corrected chi connectivity index (χ0v) is 20.4. The summed E-state index contributed by atoms with van der Waals surface area (Å²) < 4.78 is 13.7. The molecule has 4 rings (SSSR count). The molecule has 2 atom stereocenters. The van der Waals surface area contributed by atoms with Gasteiger partial charge in [0.05, 0.1) is 13.2 Å². The zero-order valence-electron chi connectivity index (χ0n) is 19.6. The summed E-state index contributed by atoms with van der Waals surface area (Å²) in [5.74, 6) is 0.196. The molecule has 2 heterocycles. The lowest BCUT2D eigenvalue weighted by molar-refractivity contribution is -0.142. The molecule has 184 valence electrons. The Bertz CT molecular complexity index is 1490. The van der Waals surface area contributed by atoms with Crippen LogP contribution in [0.15, 0.2) is 57.2 Å². The number of hydrogen-bond acceptors (Lipinski definition) is 8. The minimum Gasteiger partial charge on any atom is -0.490 e. The molecule has 0 radical (unpaired) electrons. The molecule has 0 aliphatic carbocycles. The Hall–Kier alpha value is -3.57. The number of carbonyl (C=O) groups excluding carboxylic acids is 1. The number of imidazole rings is 1. The first-order valence-electron chi connectivity index (χ1n) is 11.1. The van der Waals surface area contributed by atoms with E-state index in [1.54, 1.807) is 13.8 Å². The van der Waals surface area contributed by atoms with E-state index < -0.39 is 28.6 Å². The third kappa shape index (κ3) is 5.10. The molecule has 2 N–H and O–H groups in total. The minimum atomic E-state index is -1.01. The molecule has 0 spiro atoms. The number of aryl methyl sites for hydroxylation is 1. The normalized spacial score (nSPS) is 13.1. The van der Waals surface area contributed by atoms with Crippen LogP contribution in [0.25, 0.3) is 21.9 Å². The molecule has 2 aromatic carbocycles. The van der Waals surface area contributed by atoms with E-state index in [-0.39, 0.29) is 30.9 Å². The van der Waals surface area contributed by atoms with Crippen LogP contribution >= 0.6 is 11.8 Å². The number of aromatic nitrogens is 4. The van der Waals surface area contributed by atoms with E-state index in [1.165, 1.54) is 16.2 Å². The maximum atomic E-state index is 12.7. The Labute approximate surface area is 204 Å².